The van der Waals surface area contributed by atoms with Gasteiger partial charge in [0.05, 0.1) is 26.4 Å². The molecule has 0 rings (SSSR count). The summed E-state index contributed by atoms with van der Waals surface area (Å²) in [5.41, 5.74) is 1.60. The molecule has 0 heterocycles. The summed E-state index contributed by atoms with van der Waals surface area (Å²) in [5.74, 6) is -1.46. The van der Waals surface area contributed by atoms with E-state index in [1.54, 1.807) is 27.7 Å². The average molecular weight is 481 g/mol. The molecular formula is C26H40O8. The Morgan fingerprint density at radius 3 is 0.765 bits per heavy atom. The van der Waals surface area contributed by atoms with Crippen molar-refractivity contribution in [3.63, 3.8) is 0 Å². The van der Waals surface area contributed by atoms with Gasteiger partial charge in [-0.3, -0.25) is 0 Å². The molecule has 0 spiro atoms. The van der Waals surface area contributed by atoms with Crippen molar-refractivity contribution in [3.8, 4) is 0 Å². The first-order chi connectivity index (χ1) is 15.9. The summed E-state index contributed by atoms with van der Waals surface area (Å²) < 4.78 is 19.6. The highest BCUT2D eigenvalue weighted by Crippen LogP contribution is 2.03. The first-order valence-corrected chi connectivity index (χ1v) is 11.2. The zero-order chi connectivity index (χ0) is 26.5. The van der Waals surface area contributed by atoms with Gasteiger partial charge in [0.25, 0.3) is 0 Å². The summed E-state index contributed by atoms with van der Waals surface area (Å²) in [6.07, 6.45) is 4.81. The van der Waals surface area contributed by atoms with Crippen LogP contribution in [-0.4, -0.2) is 50.3 Å². The Kier molecular flexibility index (Phi) is 19.9. The largest absolute Gasteiger partial charge is 0.462 e. The van der Waals surface area contributed by atoms with Crippen LogP contribution in [0.15, 0.2) is 48.6 Å². The summed E-state index contributed by atoms with van der Waals surface area (Å²) in [6, 6.07) is 0. The van der Waals surface area contributed by atoms with Gasteiger partial charge in [0, 0.05) is 22.3 Å². The smallest absolute Gasteiger partial charge is 0.333 e. The van der Waals surface area contributed by atoms with Crippen LogP contribution >= 0.6 is 0 Å². The van der Waals surface area contributed by atoms with E-state index >= 15 is 0 Å². The molecule has 0 saturated carbocycles. The van der Waals surface area contributed by atoms with E-state index in [4.69, 9.17) is 18.9 Å². The average Bonchev–Trinajstić information content (AvgIpc) is 2.77. The predicted molar refractivity (Wildman–Crippen MR) is 131 cm³/mol. The second kappa shape index (κ2) is 20.4. The van der Waals surface area contributed by atoms with Crippen LogP contribution < -0.4 is 0 Å². The van der Waals surface area contributed by atoms with Gasteiger partial charge >= 0.3 is 23.9 Å². The fourth-order valence-electron chi connectivity index (χ4n) is 1.91. The third kappa shape index (κ3) is 20.7. The highest BCUT2D eigenvalue weighted by atomic mass is 16.5. The molecule has 0 aromatic carbocycles. The molecule has 0 aromatic rings. The van der Waals surface area contributed by atoms with Crippen molar-refractivity contribution in [3.05, 3.63) is 48.6 Å². The van der Waals surface area contributed by atoms with Crippen LogP contribution in [0.2, 0.25) is 0 Å². The zero-order valence-corrected chi connectivity index (χ0v) is 21.2. The quantitative estimate of drug-likeness (QED) is 0.134. The van der Waals surface area contributed by atoms with Crippen molar-refractivity contribution < 1.29 is 38.1 Å². The van der Waals surface area contributed by atoms with E-state index in [1.165, 1.54) is 0 Å². The molecule has 8 heteroatoms. The highest BCUT2D eigenvalue weighted by molar-refractivity contribution is 5.88. The van der Waals surface area contributed by atoms with Gasteiger partial charge in [0.1, 0.15) is 0 Å². The molecule has 0 radical (unpaired) electrons. The first kappa shape index (κ1) is 33.0. The number of carbonyl (C=O) groups excluding carboxylic acids is 4. The maximum Gasteiger partial charge on any atom is 0.333 e. The van der Waals surface area contributed by atoms with E-state index in [0.29, 0.717) is 61.6 Å². The van der Waals surface area contributed by atoms with E-state index in [-0.39, 0.29) is 23.9 Å². The third-order valence-electron chi connectivity index (χ3n) is 3.90. The second-order valence-electron chi connectivity index (χ2n) is 7.79. The second-order valence-corrected chi connectivity index (χ2v) is 7.79. The van der Waals surface area contributed by atoms with Crippen LogP contribution in [0, 0.1) is 0 Å². The van der Waals surface area contributed by atoms with Crippen LogP contribution in [0.5, 0.6) is 0 Å². The molecule has 0 bridgehead atoms. The number of hydrogen-bond acceptors (Lipinski definition) is 8. The van der Waals surface area contributed by atoms with E-state index in [9.17, 15) is 19.2 Å². The Morgan fingerprint density at radius 1 is 0.412 bits per heavy atom. The molecular weight excluding hydrogens is 440 g/mol. The fraction of sp³-hybridized carbons (Fsp3) is 0.538. The fourth-order valence-corrected chi connectivity index (χ4v) is 1.91. The van der Waals surface area contributed by atoms with Crippen LogP contribution in [0.25, 0.3) is 0 Å². The van der Waals surface area contributed by atoms with Crippen molar-refractivity contribution >= 4 is 23.9 Å². The van der Waals surface area contributed by atoms with Crippen molar-refractivity contribution in [2.75, 3.05) is 26.4 Å². The van der Waals surface area contributed by atoms with Crippen LogP contribution in [0.3, 0.4) is 0 Å². The predicted octanol–water partition coefficient (Wildman–Crippen LogP) is 4.79. The van der Waals surface area contributed by atoms with E-state index < -0.39 is 0 Å². The van der Waals surface area contributed by atoms with Gasteiger partial charge in [0.15, 0.2) is 0 Å². The monoisotopic (exact) mass is 480 g/mol. The molecule has 0 atom stereocenters. The topological polar surface area (TPSA) is 105 Å². The molecule has 0 unspecified atom stereocenters. The molecule has 34 heavy (non-hydrogen) atoms. The lowest BCUT2D eigenvalue weighted by molar-refractivity contribution is -0.141. The number of carbonyl (C=O) groups is 4. The molecule has 0 fully saturated rings. The molecule has 8 nitrogen and oxygen atoms in total. The van der Waals surface area contributed by atoms with Crippen LogP contribution in [0.1, 0.15) is 66.2 Å². The van der Waals surface area contributed by atoms with Crippen molar-refractivity contribution in [1.82, 2.24) is 0 Å². The number of unbranched alkanes of at least 4 members (excludes halogenated alkanes) is 4. The lowest BCUT2D eigenvalue weighted by Gasteiger charge is -2.05. The Morgan fingerprint density at radius 2 is 0.588 bits per heavy atom. The van der Waals surface area contributed by atoms with Gasteiger partial charge in [0.2, 0.25) is 0 Å². The normalized spacial score (nSPS) is 9.53. The maximum absolute atomic E-state index is 11.0. The molecule has 0 aliphatic heterocycles. The van der Waals surface area contributed by atoms with Gasteiger partial charge in [-0.05, 0) is 66.2 Å². The SMILES string of the molecule is C=C(C)C(=O)OCCCCCCOC(=O)C(=C)C.C=C(C)C(=O)OCCCCOC(=O)C(=C)C. The summed E-state index contributed by atoms with van der Waals surface area (Å²) in [4.78, 5) is 44.0. The molecule has 0 N–H and O–H groups in total. The van der Waals surface area contributed by atoms with Crippen LogP contribution in [0.4, 0.5) is 0 Å². The summed E-state index contributed by atoms with van der Waals surface area (Å²) in [7, 11) is 0. The molecule has 0 aliphatic rings. The Balaban J connectivity index is 0. The number of rotatable bonds is 16. The third-order valence-corrected chi connectivity index (χ3v) is 3.90. The Labute approximate surface area is 203 Å². The number of ether oxygens (including phenoxy) is 4. The number of esters is 4. The summed E-state index contributed by atoms with van der Waals surface area (Å²) in [5, 5.41) is 0. The molecule has 0 aliphatic carbocycles. The van der Waals surface area contributed by atoms with E-state index in [0.717, 1.165) is 25.7 Å². The minimum Gasteiger partial charge on any atom is -0.462 e. The highest BCUT2D eigenvalue weighted by Gasteiger charge is 2.05. The molecule has 0 amide bonds. The van der Waals surface area contributed by atoms with Crippen molar-refractivity contribution in [2.45, 2.75) is 66.2 Å². The Bertz CT molecular complexity index is 671. The van der Waals surface area contributed by atoms with E-state index in [1.807, 2.05) is 0 Å². The lowest BCUT2D eigenvalue weighted by Crippen LogP contribution is -2.09. The van der Waals surface area contributed by atoms with Crippen LogP contribution in [-0.2, 0) is 38.1 Å². The first-order valence-electron chi connectivity index (χ1n) is 11.2. The lowest BCUT2D eigenvalue weighted by atomic mass is 10.2. The standard InChI is InChI=1S/C14H22O4.C12H18O4/c1-11(2)13(15)17-9-7-5-6-8-10-18-14(16)12(3)4;1-9(2)11(13)15-7-5-6-8-16-12(14)10(3)4/h1,3,5-10H2,2,4H3;1,3,5-8H2,2,4H3. The van der Waals surface area contributed by atoms with Gasteiger partial charge in [-0.15, -0.1) is 0 Å². The van der Waals surface area contributed by atoms with Gasteiger partial charge in [-0.25, -0.2) is 19.2 Å². The molecule has 0 saturated heterocycles. The minimum absolute atomic E-state index is 0.316. The number of hydrogen-bond donors (Lipinski definition) is 0. The summed E-state index contributed by atoms with van der Waals surface area (Å²) >= 11 is 0. The van der Waals surface area contributed by atoms with Gasteiger partial charge < -0.3 is 18.9 Å². The molecule has 192 valence electrons. The van der Waals surface area contributed by atoms with Gasteiger partial charge in [-0.1, -0.05) is 26.3 Å². The van der Waals surface area contributed by atoms with Crippen molar-refractivity contribution in [2.24, 2.45) is 0 Å². The molecule has 0 aromatic heterocycles. The van der Waals surface area contributed by atoms with Gasteiger partial charge in [-0.2, -0.15) is 0 Å². The van der Waals surface area contributed by atoms with Crippen molar-refractivity contribution in [1.29, 1.82) is 0 Å². The van der Waals surface area contributed by atoms with E-state index in [2.05, 4.69) is 26.3 Å². The maximum atomic E-state index is 11.0. The summed E-state index contributed by atoms with van der Waals surface area (Å²) in [6.45, 7) is 21.8. The minimum atomic E-state index is -0.390. The zero-order valence-electron chi connectivity index (χ0n) is 21.2. The Hall–Kier alpha value is -3.16.